The molecule has 0 saturated heterocycles. The topological polar surface area (TPSA) is 69.4 Å². The van der Waals surface area contributed by atoms with Crippen molar-refractivity contribution in [1.29, 1.82) is 0 Å². The third-order valence-electron chi connectivity index (χ3n) is 9.38. The lowest BCUT2D eigenvalue weighted by Crippen LogP contribution is -2.31. The van der Waals surface area contributed by atoms with E-state index in [-0.39, 0.29) is 0 Å². The van der Waals surface area contributed by atoms with Crippen LogP contribution in [-0.2, 0) is 25.8 Å². The number of hydrogen-bond donors (Lipinski definition) is 3. The number of fused-ring (bicyclic) bond motifs is 8. The Kier molecular flexibility index (Phi) is 8.68. The molecule has 0 atom stereocenters. The molecule has 42 heavy (non-hydrogen) atoms. The number of rotatable bonds is 9. The molecule has 1 aliphatic rings. The molecular weight excluding hydrogens is 516 g/mol. The lowest BCUT2D eigenvalue weighted by atomic mass is 9.96. The summed E-state index contributed by atoms with van der Waals surface area (Å²) in [6.45, 7) is 18.9. The van der Waals surface area contributed by atoms with E-state index in [0.717, 1.165) is 102 Å². The van der Waals surface area contributed by atoms with Gasteiger partial charge in [-0.05, 0) is 115 Å². The summed E-state index contributed by atoms with van der Waals surface area (Å²) in [4.78, 5) is 24.3. The molecule has 8 bridgehead atoms. The first-order valence-corrected chi connectivity index (χ1v) is 16.2. The summed E-state index contributed by atoms with van der Waals surface area (Å²) < 4.78 is 2.58. The molecule has 5 heterocycles. The van der Waals surface area contributed by atoms with Crippen LogP contribution in [0.4, 0.5) is 0 Å². The molecule has 0 amide bonds. The molecular formula is C37H48N4O. The third kappa shape index (κ3) is 4.49. The van der Waals surface area contributed by atoms with Gasteiger partial charge in [-0.1, -0.05) is 48.5 Å². The maximum absolute atomic E-state index is 12.8. The van der Waals surface area contributed by atoms with Crippen molar-refractivity contribution in [2.45, 2.75) is 107 Å². The smallest absolute Gasteiger partial charge is 0.152 e. The average molecular weight is 565 g/mol. The highest BCUT2D eigenvalue weighted by Gasteiger charge is 2.24. The van der Waals surface area contributed by atoms with Crippen LogP contribution in [-0.4, -0.2) is 25.8 Å². The molecule has 0 spiro atoms. The van der Waals surface area contributed by atoms with Crippen LogP contribution < -0.4 is 21.4 Å². The van der Waals surface area contributed by atoms with Gasteiger partial charge in [-0.3, -0.25) is 4.79 Å². The Morgan fingerprint density at radius 3 is 1.57 bits per heavy atom. The van der Waals surface area contributed by atoms with E-state index in [9.17, 15) is 4.79 Å². The van der Waals surface area contributed by atoms with E-state index < -0.39 is 0 Å². The van der Waals surface area contributed by atoms with Gasteiger partial charge in [-0.25, -0.2) is 0 Å². The Balaban J connectivity index is 2.15. The quantitative estimate of drug-likeness (QED) is 0.223. The molecule has 222 valence electrons. The molecule has 5 rings (SSSR count). The van der Waals surface area contributed by atoms with Crippen LogP contribution in [0.15, 0.2) is 24.3 Å². The zero-order valence-electron chi connectivity index (χ0n) is 26.9. The number of carbonyl (C=O) groups excluding carboxylic acids is 1. The number of aromatic nitrogens is 4. The van der Waals surface area contributed by atoms with E-state index in [1.807, 2.05) is 0 Å². The monoisotopic (exact) mass is 564 g/mol. The molecule has 5 heteroatoms. The third-order valence-corrected chi connectivity index (χ3v) is 9.38. The van der Waals surface area contributed by atoms with Gasteiger partial charge in [0.05, 0.1) is 5.69 Å². The molecule has 5 nitrogen and oxygen atoms in total. The van der Waals surface area contributed by atoms with Crippen molar-refractivity contribution in [3.05, 3.63) is 90.7 Å². The normalized spacial score (nSPS) is 13.4. The highest BCUT2D eigenvalue weighted by atomic mass is 16.1. The number of H-pyrrole nitrogens is 3. The van der Waals surface area contributed by atoms with Crippen molar-refractivity contribution < 1.29 is 4.79 Å². The standard InChI is InChI=1S/C37H48N4O/c1-9-22-29(21-42)35-26(13-5)32-19-17-30(38-32)25(12-4)31-18-20-33(39-31)27(14-6)36-23(10-2)24(11-3)37(41(36)16-8)28(15-7)34(22)40-35/h17-21,38-40H,9-16H2,1-8H3. The zero-order chi connectivity index (χ0) is 30.1. The first-order chi connectivity index (χ1) is 20.5. The van der Waals surface area contributed by atoms with Gasteiger partial charge in [-0.15, -0.1) is 0 Å². The fourth-order valence-corrected chi connectivity index (χ4v) is 7.51. The van der Waals surface area contributed by atoms with Crippen LogP contribution in [0.3, 0.4) is 0 Å². The fourth-order valence-electron chi connectivity index (χ4n) is 7.51. The summed E-state index contributed by atoms with van der Waals surface area (Å²) in [5.74, 6) is 0. The Bertz CT molecular complexity index is 1880. The lowest BCUT2D eigenvalue weighted by molar-refractivity contribution is 0.112. The maximum Gasteiger partial charge on any atom is 0.152 e. The van der Waals surface area contributed by atoms with Crippen molar-refractivity contribution in [1.82, 2.24) is 19.5 Å². The van der Waals surface area contributed by atoms with Gasteiger partial charge >= 0.3 is 0 Å². The molecule has 0 aromatic carbocycles. The van der Waals surface area contributed by atoms with Gasteiger partial charge in [0.25, 0.3) is 0 Å². The number of aldehydes is 1. The fraction of sp³-hybridized carbons (Fsp3) is 0.432. The summed E-state index contributed by atoms with van der Waals surface area (Å²) in [6, 6.07) is 8.90. The minimum Gasteiger partial charge on any atom is -0.355 e. The van der Waals surface area contributed by atoms with Crippen LogP contribution in [0.25, 0.3) is 22.3 Å². The van der Waals surface area contributed by atoms with Crippen LogP contribution >= 0.6 is 0 Å². The van der Waals surface area contributed by atoms with Gasteiger partial charge < -0.3 is 19.5 Å². The molecule has 0 fully saturated rings. The Hall–Kier alpha value is -3.73. The molecule has 3 N–H and O–H groups in total. The summed E-state index contributed by atoms with van der Waals surface area (Å²) in [7, 11) is 0. The molecule has 4 aromatic rings. The van der Waals surface area contributed by atoms with Crippen molar-refractivity contribution in [3.63, 3.8) is 0 Å². The first kappa shape index (κ1) is 29.8. The number of nitrogens with zero attached hydrogens (tertiary/aromatic N) is 1. The summed E-state index contributed by atoms with van der Waals surface area (Å²) >= 11 is 0. The second-order valence-electron chi connectivity index (χ2n) is 11.2. The average Bonchev–Trinajstić information content (AvgIpc) is 3.80. The van der Waals surface area contributed by atoms with E-state index in [2.05, 4.69) is 99.2 Å². The molecule has 0 unspecified atom stereocenters. The largest absolute Gasteiger partial charge is 0.355 e. The second-order valence-corrected chi connectivity index (χ2v) is 11.2. The highest BCUT2D eigenvalue weighted by Crippen LogP contribution is 2.30. The Morgan fingerprint density at radius 2 is 1.07 bits per heavy atom. The number of nitrogens with one attached hydrogen (secondary N) is 3. The van der Waals surface area contributed by atoms with Gasteiger partial charge in [0.15, 0.2) is 6.29 Å². The van der Waals surface area contributed by atoms with Crippen LogP contribution in [0.5, 0.6) is 0 Å². The Labute approximate surface area is 250 Å². The first-order valence-electron chi connectivity index (χ1n) is 16.2. The minimum absolute atomic E-state index is 0.795. The van der Waals surface area contributed by atoms with Gasteiger partial charge in [-0.2, -0.15) is 0 Å². The molecule has 1 aliphatic heterocycles. The summed E-state index contributed by atoms with van der Waals surface area (Å²) in [5, 5.41) is 4.88. The Morgan fingerprint density at radius 1 is 0.548 bits per heavy atom. The van der Waals surface area contributed by atoms with E-state index in [4.69, 9.17) is 0 Å². The SMILES string of the molecule is CCC1=c2ccc([nH]2)=C(CC)c2[nH]c(c(CC)c2C=O)C(CC)=c2c(CC)c(CC)c(n2CC)=C(CC)c2ccc1[nH]2. The molecule has 0 saturated carbocycles. The van der Waals surface area contributed by atoms with E-state index in [1.54, 1.807) is 0 Å². The van der Waals surface area contributed by atoms with E-state index in [1.165, 1.54) is 44.2 Å². The predicted octanol–water partition coefficient (Wildman–Crippen LogP) is 5.74. The summed E-state index contributed by atoms with van der Waals surface area (Å²) in [5.41, 5.74) is 14.3. The van der Waals surface area contributed by atoms with Crippen LogP contribution in [0.1, 0.15) is 131 Å². The van der Waals surface area contributed by atoms with Crippen molar-refractivity contribution >= 4 is 28.6 Å². The van der Waals surface area contributed by atoms with Crippen LogP contribution in [0, 0.1) is 0 Å². The molecule has 0 aliphatic carbocycles. The molecule has 0 radical (unpaired) electrons. The number of hydrogen-bond acceptors (Lipinski definition) is 1. The summed E-state index contributed by atoms with van der Waals surface area (Å²) in [6.07, 6.45) is 7.34. The number of aromatic amines is 3. The lowest BCUT2D eigenvalue weighted by Gasteiger charge is -2.12. The maximum atomic E-state index is 12.8. The van der Waals surface area contributed by atoms with Crippen molar-refractivity contribution in [3.8, 4) is 0 Å². The van der Waals surface area contributed by atoms with Gasteiger partial charge in [0.1, 0.15) is 0 Å². The zero-order valence-corrected chi connectivity index (χ0v) is 26.9. The van der Waals surface area contributed by atoms with Gasteiger partial charge in [0, 0.05) is 50.6 Å². The van der Waals surface area contributed by atoms with E-state index >= 15 is 0 Å². The molecule has 4 aromatic heterocycles. The number of carbonyl (C=O) groups is 1. The van der Waals surface area contributed by atoms with Crippen molar-refractivity contribution in [2.75, 3.05) is 0 Å². The van der Waals surface area contributed by atoms with E-state index in [0.29, 0.717) is 0 Å². The predicted molar refractivity (Wildman–Crippen MR) is 176 cm³/mol. The second kappa shape index (κ2) is 12.2. The highest BCUT2D eigenvalue weighted by molar-refractivity contribution is 5.89. The van der Waals surface area contributed by atoms with Gasteiger partial charge in [0.2, 0.25) is 0 Å². The van der Waals surface area contributed by atoms with Crippen LogP contribution in [0.2, 0.25) is 0 Å². The minimum atomic E-state index is 0.795. The van der Waals surface area contributed by atoms with Crippen molar-refractivity contribution in [2.24, 2.45) is 0 Å².